The fourth-order valence-corrected chi connectivity index (χ4v) is 2.95. The summed E-state index contributed by atoms with van der Waals surface area (Å²) in [5.41, 5.74) is 3.65. The molecule has 2 aromatic rings. The van der Waals surface area contributed by atoms with Crippen molar-refractivity contribution in [1.29, 1.82) is 0 Å². The lowest BCUT2D eigenvalue weighted by atomic mass is 9.96. The summed E-state index contributed by atoms with van der Waals surface area (Å²) in [6.45, 7) is 8.47. The molecule has 0 bridgehead atoms. The normalized spacial score (nSPS) is 13.5. The van der Waals surface area contributed by atoms with Gasteiger partial charge in [0.2, 0.25) is 5.91 Å². The molecule has 0 aliphatic heterocycles. The summed E-state index contributed by atoms with van der Waals surface area (Å²) in [5.74, 6) is 0.613. The molecule has 128 valence electrons. The predicted octanol–water partition coefficient (Wildman–Crippen LogP) is 4.74. The van der Waals surface area contributed by atoms with Crippen LogP contribution in [0.3, 0.4) is 0 Å². The van der Waals surface area contributed by atoms with E-state index in [9.17, 15) is 4.79 Å². The summed E-state index contributed by atoms with van der Waals surface area (Å²) >= 11 is 0. The van der Waals surface area contributed by atoms with Gasteiger partial charge < -0.3 is 5.32 Å². The van der Waals surface area contributed by atoms with Crippen molar-refractivity contribution in [2.24, 2.45) is 5.92 Å². The summed E-state index contributed by atoms with van der Waals surface area (Å²) in [6, 6.07) is 18.9. The van der Waals surface area contributed by atoms with Crippen molar-refractivity contribution < 1.29 is 4.79 Å². The van der Waals surface area contributed by atoms with Crippen molar-refractivity contribution in [2.45, 2.75) is 52.5 Å². The number of hydrogen-bond acceptors (Lipinski definition) is 1. The van der Waals surface area contributed by atoms with E-state index < -0.39 is 0 Å². The van der Waals surface area contributed by atoms with Crippen molar-refractivity contribution in [3.63, 3.8) is 0 Å². The Hall–Kier alpha value is -2.09. The molecule has 0 aromatic heterocycles. The van der Waals surface area contributed by atoms with Gasteiger partial charge in [0.15, 0.2) is 0 Å². The van der Waals surface area contributed by atoms with Gasteiger partial charge in [0.05, 0.1) is 5.92 Å². The molecule has 2 heteroatoms. The largest absolute Gasteiger partial charge is 0.353 e. The second-order valence-electron chi connectivity index (χ2n) is 7.16. The molecule has 2 aromatic carbocycles. The highest BCUT2D eigenvalue weighted by Crippen LogP contribution is 2.18. The lowest BCUT2D eigenvalue weighted by Crippen LogP contribution is -2.36. The highest BCUT2D eigenvalue weighted by Gasteiger charge is 2.17. The lowest BCUT2D eigenvalue weighted by molar-refractivity contribution is -0.122. The Labute approximate surface area is 146 Å². The van der Waals surface area contributed by atoms with Crippen LogP contribution >= 0.6 is 0 Å². The molecule has 0 saturated carbocycles. The maximum absolute atomic E-state index is 12.5. The van der Waals surface area contributed by atoms with Gasteiger partial charge in [-0.05, 0) is 49.3 Å². The number of rotatable bonds is 7. The van der Waals surface area contributed by atoms with E-state index in [-0.39, 0.29) is 17.9 Å². The van der Waals surface area contributed by atoms with Crippen molar-refractivity contribution in [3.8, 4) is 0 Å². The summed E-state index contributed by atoms with van der Waals surface area (Å²) in [7, 11) is 0. The topological polar surface area (TPSA) is 29.1 Å². The van der Waals surface area contributed by atoms with Crippen LogP contribution in [0.1, 0.15) is 50.3 Å². The zero-order valence-electron chi connectivity index (χ0n) is 15.3. The van der Waals surface area contributed by atoms with Crippen molar-refractivity contribution in [1.82, 2.24) is 5.32 Å². The highest BCUT2D eigenvalue weighted by atomic mass is 16.1. The van der Waals surface area contributed by atoms with E-state index >= 15 is 0 Å². The van der Waals surface area contributed by atoms with E-state index in [0.29, 0.717) is 5.92 Å². The second kappa shape index (κ2) is 8.68. The SMILES string of the molecule is CC(C)Cc1ccc([C@@H](C)C(=O)N[C@H](C)Cc2ccccc2)cc1. The molecule has 0 spiro atoms. The monoisotopic (exact) mass is 323 g/mol. The van der Waals surface area contributed by atoms with Crippen LogP contribution in [0.15, 0.2) is 54.6 Å². The fraction of sp³-hybridized carbons (Fsp3) is 0.409. The van der Waals surface area contributed by atoms with Gasteiger partial charge in [-0.3, -0.25) is 4.79 Å². The third kappa shape index (κ3) is 5.52. The van der Waals surface area contributed by atoms with Gasteiger partial charge in [-0.25, -0.2) is 0 Å². The maximum atomic E-state index is 12.5. The van der Waals surface area contributed by atoms with E-state index in [2.05, 4.69) is 62.5 Å². The van der Waals surface area contributed by atoms with Gasteiger partial charge in [-0.1, -0.05) is 68.4 Å². The van der Waals surface area contributed by atoms with Gasteiger partial charge in [-0.15, -0.1) is 0 Å². The minimum absolute atomic E-state index is 0.0926. The Balaban J connectivity index is 1.91. The molecule has 24 heavy (non-hydrogen) atoms. The molecule has 0 fully saturated rings. The van der Waals surface area contributed by atoms with Crippen LogP contribution in [0.2, 0.25) is 0 Å². The van der Waals surface area contributed by atoms with Gasteiger partial charge >= 0.3 is 0 Å². The van der Waals surface area contributed by atoms with Gasteiger partial charge in [0.25, 0.3) is 0 Å². The van der Waals surface area contributed by atoms with Crippen LogP contribution in [0.25, 0.3) is 0 Å². The van der Waals surface area contributed by atoms with Gasteiger partial charge in [0, 0.05) is 6.04 Å². The van der Waals surface area contributed by atoms with Crippen molar-refractivity contribution in [3.05, 3.63) is 71.3 Å². The third-order valence-electron chi connectivity index (χ3n) is 4.29. The number of benzene rings is 2. The minimum Gasteiger partial charge on any atom is -0.353 e. The molecule has 0 saturated heterocycles. The first-order valence-corrected chi connectivity index (χ1v) is 8.89. The Morgan fingerprint density at radius 1 is 0.833 bits per heavy atom. The van der Waals surface area contributed by atoms with E-state index in [1.54, 1.807) is 0 Å². The average Bonchev–Trinajstić information content (AvgIpc) is 2.55. The maximum Gasteiger partial charge on any atom is 0.227 e. The Bertz CT molecular complexity index is 631. The molecule has 1 N–H and O–H groups in total. The highest BCUT2D eigenvalue weighted by molar-refractivity contribution is 5.83. The molecular weight excluding hydrogens is 294 g/mol. The quantitative estimate of drug-likeness (QED) is 0.783. The molecule has 2 atom stereocenters. The molecule has 0 aliphatic rings. The predicted molar refractivity (Wildman–Crippen MR) is 101 cm³/mol. The number of amides is 1. The lowest BCUT2D eigenvalue weighted by Gasteiger charge is -2.18. The zero-order valence-corrected chi connectivity index (χ0v) is 15.3. The Morgan fingerprint density at radius 2 is 1.42 bits per heavy atom. The summed E-state index contributed by atoms with van der Waals surface area (Å²) < 4.78 is 0. The smallest absolute Gasteiger partial charge is 0.227 e. The van der Waals surface area contributed by atoms with Crippen molar-refractivity contribution in [2.75, 3.05) is 0 Å². The molecule has 0 unspecified atom stereocenters. The summed E-state index contributed by atoms with van der Waals surface area (Å²) in [6.07, 6.45) is 1.93. The Morgan fingerprint density at radius 3 is 2.00 bits per heavy atom. The van der Waals surface area contributed by atoms with Crippen LogP contribution < -0.4 is 5.32 Å². The number of carbonyl (C=O) groups excluding carboxylic acids is 1. The summed E-state index contributed by atoms with van der Waals surface area (Å²) in [5, 5.41) is 3.13. The number of carbonyl (C=O) groups is 1. The number of hydrogen-bond donors (Lipinski definition) is 1. The zero-order chi connectivity index (χ0) is 17.5. The van der Waals surface area contributed by atoms with E-state index in [4.69, 9.17) is 0 Å². The first-order chi connectivity index (χ1) is 11.5. The van der Waals surface area contributed by atoms with Crippen LogP contribution in [0.4, 0.5) is 0 Å². The Kier molecular flexibility index (Phi) is 6.60. The van der Waals surface area contributed by atoms with E-state index in [1.165, 1.54) is 11.1 Å². The van der Waals surface area contributed by atoms with Gasteiger partial charge in [-0.2, -0.15) is 0 Å². The first kappa shape index (κ1) is 18.3. The molecule has 0 heterocycles. The van der Waals surface area contributed by atoms with Crippen LogP contribution in [-0.2, 0) is 17.6 Å². The number of nitrogens with one attached hydrogen (secondary N) is 1. The standard InChI is InChI=1S/C22H29NO/c1-16(2)14-20-10-12-21(13-11-20)18(4)22(24)23-17(3)15-19-8-6-5-7-9-19/h5-13,16-18H,14-15H2,1-4H3,(H,23,24)/t17-,18-/m1/s1. The van der Waals surface area contributed by atoms with Crippen molar-refractivity contribution >= 4 is 5.91 Å². The van der Waals surface area contributed by atoms with Gasteiger partial charge in [0.1, 0.15) is 0 Å². The molecular formula is C22H29NO. The molecule has 0 aliphatic carbocycles. The van der Waals surface area contributed by atoms with E-state index in [1.807, 2.05) is 25.1 Å². The van der Waals surface area contributed by atoms with Crippen LogP contribution in [0, 0.1) is 5.92 Å². The average molecular weight is 323 g/mol. The fourth-order valence-electron chi connectivity index (χ4n) is 2.95. The van der Waals surface area contributed by atoms with E-state index in [0.717, 1.165) is 18.4 Å². The molecule has 1 amide bonds. The van der Waals surface area contributed by atoms with Crippen LogP contribution in [-0.4, -0.2) is 11.9 Å². The second-order valence-corrected chi connectivity index (χ2v) is 7.16. The van der Waals surface area contributed by atoms with Crippen LogP contribution in [0.5, 0.6) is 0 Å². The third-order valence-corrected chi connectivity index (χ3v) is 4.29. The minimum atomic E-state index is -0.128. The molecule has 0 radical (unpaired) electrons. The molecule has 2 rings (SSSR count). The first-order valence-electron chi connectivity index (χ1n) is 8.89. The molecule has 2 nitrogen and oxygen atoms in total. The summed E-state index contributed by atoms with van der Waals surface area (Å²) in [4.78, 5) is 12.5.